The van der Waals surface area contributed by atoms with Crippen molar-refractivity contribution in [1.82, 2.24) is 4.98 Å². The molecule has 32 heavy (non-hydrogen) atoms. The van der Waals surface area contributed by atoms with E-state index in [9.17, 15) is 4.79 Å². The molecule has 0 saturated heterocycles. The third-order valence-electron chi connectivity index (χ3n) is 5.00. The minimum Gasteiger partial charge on any atom is -0.493 e. The number of carbonyl (C=O) groups is 1. The lowest BCUT2D eigenvalue weighted by molar-refractivity contribution is 0.102. The van der Waals surface area contributed by atoms with Crippen molar-refractivity contribution in [3.8, 4) is 17.2 Å². The number of nitrogens with zero attached hydrogens (tertiary/aromatic N) is 1. The lowest BCUT2D eigenvalue weighted by Gasteiger charge is -2.11. The third kappa shape index (κ3) is 4.94. The molecule has 4 rings (SSSR count). The van der Waals surface area contributed by atoms with Crippen molar-refractivity contribution >= 4 is 34.3 Å². The van der Waals surface area contributed by atoms with Crippen LogP contribution in [-0.2, 0) is 6.42 Å². The van der Waals surface area contributed by atoms with E-state index in [1.807, 2.05) is 30.3 Å². The molecule has 1 amide bonds. The Balaban J connectivity index is 1.57. The van der Waals surface area contributed by atoms with Crippen LogP contribution in [0.5, 0.6) is 5.75 Å². The maximum Gasteiger partial charge on any atom is 0.255 e. The number of oxazole rings is 1. The van der Waals surface area contributed by atoms with Crippen LogP contribution in [0.2, 0.25) is 5.02 Å². The lowest BCUT2D eigenvalue weighted by atomic mass is 10.1. The quantitative estimate of drug-likeness (QED) is 0.330. The topological polar surface area (TPSA) is 64.4 Å². The summed E-state index contributed by atoms with van der Waals surface area (Å²) >= 11 is 6.36. The third-order valence-corrected chi connectivity index (χ3v) is 5.33. The van der Waals surface area contributed by atoms with E-state index in [0.717, 1.165) is 23.1 Å². The maximum atomic E-state index is 12.9. The van der Waals surface area contributed by atoms with Gasteiger partial charge in [-0.3, -0.25) is 4.79 Å². The number of carbonyl (C=O) groups excluding carboxylic acids is 1. The fourth-order valence-corrected chi connectivity index (χ4v) is 3.42. The zero-order valence-corrected chi connectivity index (χ0v) is 19.1. The number of benzene rings is 3. The molecular formula is C26H25ClN2O3. The highest BCUT2D eigenvalue weighted by Gasteiger charge is 2.14. The smallest absolute Gasteiger partial charge is 0.255 e. The number of anilines is 1. The number of nitrogens with one attached hydrogen (secondary N) is 1. The minimum absolute atomic E-state index is 0.274. The van der Waals surface area contributed by atoms with Gasteiger partial charge < -0.3 is 14.5 Å². The van der Waals surface area contributed by atoms with E-state index in [1.54, 1.807) is 30.3 Å². The van der Waals surface area contributed by atoms with Gasteiger partial charge in [-0.25, -0.2) is 4.98 Å². The first kappa shape index (κ1) is 21.9. The molecule has 0 radical (unpaired) electrons. The number of aromatic nitrogens is 1. The van der Waals surface area contributed by atoms with E-state index >= 15 is 0 Å². The van der Waals surface area contributed by atoms with Crippen molar-refractivity contribution in [3.63, 3.8) is 0 Å². The monoisotopic (exact) mass is 448 g/mol. The number of rotatable bonds is 7. The van der Waals surface area contributed by atoms with Crippen molar-refractivity contribution in [1.29, 1.82) is 0 Å². The Labute approximate surface area is 192 Å². The first-order valence-electron chi connectivity index (χ1n) is 10.7. The summed E-state index contributed by atoms with van der Waals surface area (Å²) < 4.78 is 11.6. The SMILES string of the molecule is CCc1ccc2oc(-c3ccc(Cl)c(NC(=O)c4cccc(OCC(C)C)c4)c3)nc2c1. The van der Waals surface area contributed by atoms with Gasteiger partial charge >= 0.3 is 0 Å². The fourth-order valence-electron chi connectivity index (χ4n) is 3.25. The van der Waals surface area contributed by atoms with Crippen LogP contribution in [0.15, 0.2) is 65.1 Å². The van der Waals surface area contributed by atoms with Crippen LogP contribution in [0.4, 0.5) is 5.69 Å². The molecule has 1 aromatic heterocycles. The minimum atomic E-state index is -0.274. The van der Waals surface area contributed by atoms with E-state index in [-0.39, 0.29) is 5.91 Å². The first-order valence-corrected chi connectivity index (χ1v) is 11.0. The molecule has 1 heterocycles. The molecule has 0 aliphatic rings. The second-order valence-electron chi connectivity index (χ2n) is 8.06. The molecule has 0 aliphatic carbocycles. The number of aryl methyl sites for hydroxylation is 1. The molecular weight excluding hydrogens is 424 g/mol. The molecule has 0 saturated carbocycles. The van der Waals surface area contributed by atoms with Crippen molar-refractivity contribution in [3.05, 3.63) is 76.8 Å². The second-order valence-corrected chi connectivity index (χ2v) is 8.46. The average molecular weight is 449 g/mol. The van der Waals surface area contributed by atoms with Crippen LogP contribution in [0, 0.1) is 5.92 Å². The van der Waals surface area contributed by atoms with E-state index in [0.29, 0.717) is 40.4 Å². The van der Waals surface area contributed by atoms with Gasteiger partial charge in [-0.2, -0.15) is 0 Å². The van der Waals surface area contributed by atoms with Crippen LogP contribution >= 0.6 is 11.6 Å². The van der Waals surface area contributed by atoms with Gasteiger partial charge in [0.05, 0.1) is 17.3 Å². The van der Waals surface area contributed by atoms with E-state index in [1.165, 1.54) is 5.56 Å². The van der Waals surface area contributed by atoms with Gasteiger partial charge in [0.2, 0.25) is 5.89 Å². The number of hydrogen-bond donors (Lipinski definition) is 1. The Morgan fingerprint density at radius 3 is 2.75 bits per heavy atom. The summed E-state index contributed by atoms with van der Waals surface area (Å²) in [5.41, 5.74) is 4.42. The van der Waals surface area contributed by atoms with Gasteiger partial charge in [0.1, 0.15) is 11.3 Å². The molecule has 164 valence electrons. The number of amides is 1. The molecule has 6 heteroatoms. The predicted octanol–water partition coefficient (Wildman–Crippen LogP) is 7.00. The maximum absolute atomic E-state index is 12.9. The molecule has 3 aromatic carbocycles. The summed E-state index contributed by atoms with van der Waals surface area (Å²) in [5.74, 6) is 1.26. The van der Waals surface area contributed by atoms with Gasteiger partial charge in [-0.1, -0.05) is 44.5 Å². The Kier molecular flexibility index (Phi) is 6.47. The first-order chi connectivity index (χ1) is 15.4. The van der Waals surface area contributed by atoms with E-state index in [4.69, 9.17) is 20.8 Å². The predicted molar refractivity (Wildman–Crippen MR) is 129 cm³/mol. The number of halogens is 1. The van der Waals surface area contributed by atoms with E-state index < -0.39 is 0 Å². The molecule has 5 nitrogen and oxygen atoms in total. The molecule has 0 bridgehead atoms. The van der Waals surface area contributed by atoms with Crippen molar-refractivity contribution in [2.45, 2.75) is 27.2 Å². The Bertz CT molecular complexity index is 1260. The number of ether oxygens (including phenoxy) is 1. The van der Waals surface area contributed by atoms with E-state index in [2.05, 4.69) is 31.1 Å². The molecule has 0 spiro atoms. The van der Waals surface area contributed by atoms with Gasteiger partial charge in [-0.15, -0.1) is 0 Å². The number of fused-ring (bicyclic) bond motifs is 1. The Hall–Kier alpha value is -3.31. The van der Waals surface area contributed by atoms with Gasteiger partial charge in [0, 0.05) is 11.1 Å². The summed E-state index contributed by atoms with van der Waals surface area (Å²) in [5, 5.41) is 3.31. The largest absolute Gasteiger partial charge is 0.493 e. The van der Waals surface area contributed by atoms with Crippen LogP contribution in [0.25, 0.3) is 22.6 Å². The van der Waals surface area contributed by atoms with Crippen LogP contribution < -0.4 is 10.1 Å². The standard InChI is InChI=1S/C26H25ClN2O3/c1-4-17-8-11-24-23(12-17)29-26(32-24)19-9-10-21(27)22(14-19)28-25(30)18-6-5-7-20(13-18)31-15-16(2)3/h5-14,16H,4,15H2,1-3H3,(H,28,30). The van der Waals surface area contributed by atoms with Crippen LogP contribution in [-0.4, -0.2) is 17.5 Å². The summed E-state index contributed by atoms with van der Waals surface area (Å²) in [6.07, 6.45) is 0.930. The van der Waals surface area contributed by atoms with Crippen molar-refractivity contribution < 1.29 is 13.9 Å². The summed E-state index contributed by atoms with van der Waals surface area (Å²) in [6.45, 7) is 6.84. The van der Waals surface area contributed by atoms with Gasteiger partial charge in [0.25, 0.3) is 5.91 Å². The highest BCUT2D eigenvalue weighted by molar-refractivity contribution is 6.34. The fraction of sp³-hybridized carbons (Fsp3) is 0.231. The van der Waals surface area contributed by atoms with Crippen LogP contribution in [0.3, 0.4) is 0 Å². The van der Waals surface area contributed by atoms with Crippen molar-refractivity contribution in [2.75, 3.05) is 11.9 Å². The van der Waals surface area contributed by atoms with Gasteiger partial charge in [0.15, 0.2) is 5.58 Å². The van der Waals surface area contributed by atoms with Crippen LogP contribution in [0.1, 0.15) is 36.7 Å². The highest BCUT2D eigenvalue weighted by atomic mass is 35.5. The zero-order valence-electron chi connectivity index (χ0n) is 18.3. The number of hydrogen-bond acceptors (Lipinski definition) is 4. The second kappa shape index (κ2) is 9.45. The average Bonchev–Trinajstić information content (AvgIpc) is 3.22. The Morgan fingerprint density at radius 1 is 1.12 bits per heavy atom. The normalized spacial score (nSPS) is 11.2. The zero-order chi connectivity index (χ0) is 22.7. The summed E-state index contributed by atoms with van der Waals surface area (Å²) in [6, 6.07) is 18.4. The molecule has 0 aliphatic heterocycles. The molecule has 0 fully saturated rings. The molecule has 0 atom stereocenters. The highest BCUT2D eigenvalue weighted by Crippen LogP contribution is 2.31. The Morgan fingerprint density at radius 2 is 1.97 bits per heavy atom. The lowest BCUT2D eigenvalue weighted by Crippen LogP contribution is -2.13. The van der Waals surface area contributed by atoms with Gasteiger partial charge in [-0.05, 0) is 66.4 Å². The molecule has 4 aromatic rings. The summed E-state index contributed by atoms with van der Waals surface area (Å²) in [4.78, 5) is 17.5. The molecule has 0 unspecified atom stereocenters. The molecule has 1 N–H and O–H groups in total. The van der Waals surface area contributed by atoms with Crippen molar-refractivity contribution in [2.24, 2.45) is 5.92 Å². The summed E-state index contributed by atoms with van der Waals surface area (Å²) in [7, 11) is 0.